The van der Waals surface area contributed by atoms with Crippen molar-refractivity contribution in [2.45, 2.75) is 50.7 Å². The Labute approximate surface area is 169 Å². The van der Waals surface area contributed by atoms with Crippen molar-refractivity contribution in [3.8, 4) is 0 Å². The Kier molecular flexibility index (Phi) is 5.73. The first-order valence-corrected chi connectivity index (χ1v) is 10.2. The maximum atomic E-state index is 12.8. The first kappa shape index (κ1) is 19.7. The standard InChI is InChI=1S/C21H25N3O5/c25-18-6-5-17(19(26)23-18)24-20(27)15-4-3-13(12-16(15)21(24)28)2-1-11-29-14-7-9-22-10-8-14/h3-4,12,14,17,22H,1-2,5-11H2,(H,23,25,26). The van der Waals surface area contributed by atoms with Crippen molar-refractivity contribution < 1.29 is 23.9 Å². The van der Waals surface area contributed by atoms with E-state index in [2.05, 4.69) is 10.6 Å². The van der Waals surface area contributed by atoms with Crippen molar-refractivity contribution >= 4 is 23.6 Å². The summed E-state index contributed by atoms with van der Waals surface area (Å²) in [5.41, 5.74) is 1.61. The van der Waals surface area contributed by atoms with Gasteiger partial charge in [0.05, 0.1) is 17.2 Å². The third-order valence-corrected chi connectivity index (χ3v) is 5.75. The molecule has 0 saturated carbocycles. The van der Waals surface area contributed by atoms with Gasteiger partial charge in [0.25, 0.3) is 11.8 Å². The average Bonchev–Trinajstić information content (AvgIpc) is 2.96. The molecule has 0 spiro atoms. The number of fused-ring (bicyclic) bond motifs is 1. The quantitative estimate of drug-likeness (QED) is 0.541. The number of imide groups is 2. The van der Waals surface area contributed by atoms with Gasteiger partial charge in [-0.25, -0.2) is 0 Å². The van der Waals surface area contributed by atoms with Gasteiger partial charge in [0, 0.05) is 13.0 Å². The molecule has 0 aromatic heterocycles. The number of aryl methyl sites for hydroxylation is 1. The maximum Gasteiger partial charge on any atom is 0.262 e. The maximum absolute atomic E-state index is 12.8. The number of ether oxygens (including phenoxy) is 1. The summed E-state index contributed by atoms with van der Waals surface area (Å²) >= 11 is 0. The molecule has 29 heavy (non-hydrogen) atoms. The lowest BCUT2D eigenvalue weighted by Crippen LogP contribution is -2.54. The van der Waals surface area contributed by atoms with Crippen LogP contribution in [0.1, 0.15) is 58.4 Å². The minimum absolute atomic E-state index is 0.117. The van der Waals surface area contributed by atoms with E-state index in [-0.39, 0.29) is 18.7 Å². The number of benzene rings is 1. The number of nitrogens with zero attached hydrogens (tertiary/aromatic N) is 1. The Morgan fingerprint density at radius 3 is 2.52 bits per heavy atom. The van der Waals surface area contributed by atoms with Gasteiger partial charge >= 0.3 is 0 Å². The van der Waals surface area contributed by atoms with Crippen LogP contribution < -0.4 is 10.6 Å². The second-order valence-corrected chi connectivity index (χ2v) is 7.75. The van der Waals surface area contributed by atoms with Crippen molar-refractivity contribution in [2.75, 3.05) is 19.7 Å². The third kappa shape index (κ3) is 4.09. The van der Waals surface area contributed by atoms with Crippen LogP contribution in [0.15, 0.2) is 18.2 Å². The fraction of sp³-hybridized carbons (Fsp3) is 0.524. The van der Waals surface area contributed by atoms with E-state index >= 15 is 0 Å². The number of hydrogen-bond acceptors (Lipinski definition) is 6. The molecular formula is C21H25N3O5. The van der Waals surface area contributed by atoms with Gasteiger partial charge < -0.3 is 10.1 Å². The van der Waals surface area contributed by atoms with Crippen LogP contribution >= 0.6 is 0 Å². The van der Waals surface area contributed by atoms with Gasteiger partial charge in [0.2, 0.25) is 11.8 Å². The zero-order chi connectivity index (χ0) is 20.4. The monoisotopic (exact) mass is 399 g/mol. The van der Waals surface area contributed by atoms with E-state index in [0.29, 0.717) is 23.8 Å². The number of rotatable bonds is 6. The molecule has 1 atom stereocenters. The van der Waals surface area contributed by atoms with E-state index in [9.17, 15) is 19.2 Å². The largest absolute Gasteiger partial charge is 0.378 e. The summed E-state index contributed by atoms with van der Waals surface area (Å²) in [6.45, 7) is 2.65. The molecule has 8 heteroatoms. The highest BCUT2D eigenvalue weighted by molar-refractivity contribution is 6.23. The van der Waals surface area contributed by atoms with Gasteiger partial charge in [0.15, 0.2) is 0 Å². The third-order valence-electron chi connectivity index (χ3n) is 5.75. The van der Waals surface area contributed by atoms with E-state index < -0.39 is 23.8 Å². The highest BCUT2D eigenvalue weighted by Gasteiger charge is 2.44. The van der Waals surface area contributed by atoms with E-state index in [1.807, 2.05) is 6.07 Å². The van der Waals surface area contributed by atoms with Crippen LogP contribution in [-0.4, -0.2) is 60.4 Å². The molecule has 1 unspecified atom stereocenters. The molecule has 3 aliphatic rings. The number of carbonyl (C=O) groups excluding carboxylic acids is 4. The van der Waals surface area contributed by atoms with Crippen molar-refractivity contribution in [3.05, 3.63) is 34.9 Å². The predicted octanol–water partition coefficient (Wildman–Crippen LogP) is 0.789. The second kappa shape index (κ2) is 8.42. The number of carbonyl (C=O) groups is 4. The number of nitrogens with one attached hydrogen (secondary N) is 2. The van der Waals surface area contributed by atoms with Gasteiger partial charge in [-0.2, -0.15) is 0 Å². The molecule has 0 aliphatic carbocycles. The summed E-state index contributed by atoms with van der Waals surface area (Å²) in [6.07, 6.45) is 4.25. The van der Waals surface area contributed by atoms with Crippen molar-refractivity contribution in [3.63, 3.8) is 0 Å². The van der Waals surface area contributed by atoms with Gasteiger partial charge in [-0.1, -0.05) is 6.07 Å². The van der Waals surface area contributed by atoms with Crippen LogP contribution in [0.25, 0.3) is 0 Å². The molecule has 0 bridgehead atoms. The van der Waals surface area contributed by atoms with Gasteiger partial charge in [-0.3, -0.25) is 29.4 Å². The zero-order valence-electron chi connectivity index (χ0n) is 16.2. The summed E-state index contributed by atoms with van der Waals surface area (Å²) < 4.78 is 5.91. The highest BCUT2D eigenvalue weighted by atomic mass is 16.5. The molecule has 1 aromatic carbocycles. The number of amides is 4. The summed E-state index contributed by atoms with van der Waals surface area (Å²) in [6, 6.07) is 4.32. The summed E-state index contributed by atoms with van der Waals surface area (Å²) in [4.78, 5) is 50.0. The van der Waals surface area contributed by atoms with Crippen molar-refractivity contribution in [1.82, 2.24) is 15.5 Å². The van der Waals surface area contributed by atoms with Crippen molar-refractivity contribution in [2.24, 2.45) is 0 Å². The lowest BCUT2D eigenvalue weighted by molar-refractivity contribution is -0.136. The summed E-state index contributed by atoms with van der Waals surface area (Å²) in [7, 11) is 0. The molecule has 4 rings (SSSR count). The molecule has 154 valence electrons. The SMILES string of the molecule is O=C1CCC(N2C(=O)c3ccc(CCCOC4CCNCC4)cc3C2=O)C(=O)N1. The molecule has 2 N–H and O–H groups in total. The lowest BCUT2D eigenvalue weighted by atomic mass is 10.0. The van der Waals surface area contributed by atoms with E-state index in [1.165, 1.54) is 0 Å². The number of piperidine rings is 2. The molecular weight excluding hydrogens is 374 g/mol. The molecule has 8 nitrogen and oxygen atoms in total. The smallest absolute Gasteiger partial charge is 0.262 e. The Hall–Kier alpha value is -2.58. The van der Waals surface area contributed by atoms with Crippen molar-refractivity contribution in [1.29, 1.82) is 0 Å². The Balaban J connectivity index is 1.38. The molecule has 0 radical (unpaired) electrons. The molecule has 3 heterocycles. The predicted molar refractivity (Wildman–Crippen MR) is 103 cm³/mol. The Morgan fingerprint density at radius 1 is 1.00 bits per heavy atom. The Morgan fingerprint density at radius 2 is 1.76 bits per heavy atom. The summed E-state index contributed by atoms with van der Waals surface area (Å²) in [5.74, 6) is -1.91. The topological polar surface area (TPSA) is 105 Å². The van der Waals surface area contributed by atoms with E-state index in [4.69, 9.17) is 4.74 Å². The van der Waals surface area contributed by atoms with Crippen LogP contribution in [0.4, 0.5) is 0 Å². The minimum Gasteiger partial charge on any atom is -0.378 e. The van der Waals surface area contributed by atoms with Crippen LogP contribution in [0.2, 0.25) is 0 Å². The molecule has 3 aliphatic heterocycles. The molecule has 2 saturated heterocycles. The molecule has 1 aromatic rings. The molecule has 4 amide bonds. The zero-order valence-corrected chi connectivity index (χ0v) is 16.2. The minimum atomic E-state index is -0.929. The van der Waals surface area contributed by atoms with E-state index in [0.717, 1.165) is 49.2 Å². The first-order valence-electron chi connectivity index (χ1n) is 10.2. The second-order valence-electron chi connectivity index (χ2n) is 7.75. The van der Waals surface area contributed by atoms with Gasteiger partial charge in [-0.15, -0.1) is 0 Å². The average molecular weight is 399 g/mol. The normalized spacial score (nSPS) is 22.8. The molecule has 2 fully saturated rings. The highest BCUT2D eigenvalue weighted by Crippen LogP contribution is 2.28. The fourth-order valence-corrected chi connectivity index (χ4v) is 4.16. The first-order chi connectivity index (χ1) is 14.0. The van der Waals surface area contributed by atoms with Crippen LogP contribution in [0, 0.1) is 0 Å². The fourth-order valence-electron chi connectivity index (χ4n) is 4.16. The summed E-state index contributed by atoms with van der Waals surface area (Å²) in [5, 5.41) is 5.51. The van der Waals surface area contributed by atoms with Crippen LogP contribution in [-0.2, 0) is 20.7 Å². The van der Waals surface area contributed by atoms with Crippen LogP contribution in [0.5, 0.6) is 0 Å². The number of hydrogen-bond donors (Lipinski definition) is 2. The van der Waals surface area contributed by atoms with E-state index in [1.54, 1.807) is 12.1 Å². The Bertz CT molecular complexity index is 847. The van der Waals surface area contributed by atoms with Gasteiger partial charge in [0.1, 0.15) is 6.04 Å². The van der Waals surface area contributed by atoms with Crippen LogP contribution in [0.3, 0.4) is 0 Å². The lowest BCUT2D eigenvalue weighted by Gasteiger charge is -2.27. The van der Waals surface area contributed by atoms with Gasteiger partial charge in [-0.05, 0) is 62.9 Å².